The van der Waals surface area contributed by atoms with Gasteiger partial charge in [-0.15, -0.1) is 0 Å². The highest BCUT2D eigenvalue weighted by Crippen LogP contribution is 2.17. The summed E-state index contributed by atoms with van der Waals surface area (Å²) in [5, 5.41) is 0. The quantitative estimate of drug-likeness (QED) is 0.0480. The molecular formula is C45H90O2. The molecule has 0 saturated carbocycles. The molecule has 0 saturated heterocycles. The Bertz CT molecular complexity index is 558. The monoisotopic (exact) mass is 663 g/mol. The van der Waals surface area contributed by atoms with E-state index in [1.54, 1.807) is 0 Å². The van der Waals surface area contributed by atoms with Gasteiger partial charge in [-0.2, -0.15) is 0 Å². The zero-order valence-corrected chi connectivity index (χ0v) is 33.0. The van der Waals surface area contributed by atoms with Crippen molar-refractivity contribution in [1.29, 1.82) is 0 Å². The molecule has 0 aliphatic carbocycles. The van der Waals surface area contributed by atoms with Gasteiger partial charge in [0.25, 0.3) is 0 Å². The minimum Gasteiger partial charge on any atom is -0.466 e. The van der Waals surface area contributed by atoms with E-state index < -0.39 is 0 Å². The van der Waals surface area contributed by atoms with Crippen molar-refractivity contribution < 1.29 is 9.53 Å². The van der Waals surface area contributed by atoms with Crippen LogP contribution in [0.25, 0.3) is 0 Å². The minimum atomic E-state index is 0.0326. The topological polar surface area (TPSA) is 26.3 Å². The Morgan fingerprint density at radius 3 is 0.702 bits per heavy atom. The average Bonchev–Trinajstić information content (AvgIpc) is 3.08. The lowest BCUT2D eigenvalue weighted by atomic mass is 10.0. The van der Waals surface area contributed by atoms with E-state index in [1.807, 2.05) is 0 Å². The molecular weight excluding hydrogens is 572 g/mol. The van der Waals surface area contributed by atoms with E-state index in [0.29, 0.717) is 13.0 Å². The third kappa shape index (κ3) is 43.4. The standard InChI is InChI=1S/C45H90O2/c1-3-5-7-9-11-13-15-17-19-21-23-24-25-27-29-31-33-35-37-39-41-43-45(46)47-44-42-40-38-36-34-32-30-28-26-22-20-18-16-14-12-10-8-6-4-2/h3-44H2,1-2H3. The molecule has 0 aromatic rings. The maximum absolute atomic E-state index is 12.0. The summed E-state index contributed by atoms with van der Waals surface area (Å²) in [6.45, 7) is 5.23. The second-order valence-electron chi connectivity index (χ2n) is 15.4. The van der Waals surface area contributed by atoms with Gasteiger partial charge in [0.2, 0.25) is 0 Å². The van der Waals surface area contributed by atoms with E-state index in [9.17, 15) is 4.79 Å². The lowest BCUT2D eigenvalue weighted by Gasteiger charge is -2.06. The molecule has 0 aliphatic rings. The summed E-state index contributed by atoms with van der Waals surface area (Å²) in [6, 6.07) is 0. The summed E-state index contributed by atoms with van der Waals surface area (Å²) < 4.78 is 5.48. The van der Waals surface area contributed by atoms with E-state index >= 15 is 0 Å². The van der Waals surface area contributed by atoms with Gasteiger partial charge < -0.3 is 4.74 Å². The largest absolute Gasteiger partial charge is 0.466 e. The first kappa shape index (κ1) is 46.5. The molecule has 0 amide bonds. The van der Waals surface area contributed by atoms with Crippen LogP contribution in [0.1, 0.15) is 277 Å². The highest BCUT2D eigenvalue weighted by molar-refractivity contribution is 5.69. The second-order valence-corrected chi connectivity index (χ2v) is 15.4. The van der Waals surface area contributed by atoms with Gasteiger partial charge in [-0.1, -0.05) is 258 Å². The first-order chi connectivity index (χ1) is 23.3. The van der Waals surface area contributed by atoms with E-state index in [-0.39, 0.29) is 5.97 Å². The summed E-state index contributed by atoms with van der Waals surface area (Å²) in [5.41, 5.74) is 0. The molecule has 282 valence electrons. The van der Waals surface area contributed by atoms with Crippen molar-refractivity contribution >= 4 is 5.97 Å². The zero-order chi connectivity index (χ0) is 34.0. The molecule has 0 fully saturated rings. The molecule has 0 heterocycles. The van der Waals surface area contributed by atoms with Gasteiger partial charge in [-0.05, 0) is 12.8 Å². The Hall–Kier alpha value is -0.530. The third-order valence-corrected chi connectivity index (χ3v) is 10.5. The van der Waals surface area contributed by atoms with Crippen LogP contribution in [0, 0.1) is 0 Å². The summed E-state index contributed by atoms with van der Waals surface area (Å²) in [4.78, 5) is 12.0. The summed E-state index contributed by atoms with van der Waals surface area (Å²) in [7, 11) is 0. The molecule has 0 aromatic heterocycles. The van der Waals surface area contributed by atoms with Crippen molar-refractivity contribution in [3.63, 3.8) is 0 Å². The van der Waals surface area contributed by atoms with Gasteiger partial charge in [0, 0.05) is 6.42 Å². The van der Waals surface area contributed by atoms with E-state index in [2.05, 4.69) is 13.8 Å². The fourth-order valence-corrected chi connectivity index (χ4v) is 7.14. The number of ether oxygens (including phenoxy) is 1. The number of rotatable bonds is 42. The molecule has 0 unspecified atom stereocenters. The summed E-state index contributed by atoms with van der Waals surface area (Å²) in [6.07, 6.45) is 56.4. The van der Waals surface area contributed by atoms with Crippen LogP contribution in [0.2, 0.25) is 0 Å². The average molecular weight is 663 g/mol. The fourth-order valence-electron chi connectivity index (χ4n) is 7.14. The lowest BCUT2D eigenvalue weighted by Crippen LogP contribution is -2.05. The molecule has 0 N–H and O–H groups in total. The van der Waals surface area contributed by atoms with Crippen LogP contribution in [0.5, 0.6) is 0 Å². The lowest BCUT2D eigenvalue weighted by molar-refractivity contribution is -0.143. The first-order valence-corrected chi connectivity index (χ1v) is 22.5. The molecule has 2 nitrogen and oxygen atoms in total. The molecule has 0 aromatic carbocycles. The maximum Gasteiger partial charge on any atom is 0.305 e. The smallest absolute Gasteiger partial charge is 0.305 e. The van der Waals surface area contributed by atoms with Crippen molar-refractivity contribution in [2.24, 2.45) is 0 Å². The first-order valence-electron chi connectivity index (χ1n) is 22.5. The van der Waals surface area contributed by atoms with E-state index in [4.69, 9.17) is 4.74 Å². The summed E-state index contributed by atoms with van der Waals surface area (Å²) in [5.74, 6) is 0.0326. The molecule has 0 aliphatic heterocycles. The number of unbranched alkanes of at least 4 members (excludes halogenated alkanes) is 38. The normalized spacial score (nSPS) is 11.4. The minimum absolute atomic E-state index is 0.0326. The van der Waals surface area contributed by atoms with Gasteiger partial charge in [0.05, 0.1) is 6.61 Å². The number of hydrogen-bond donors (Lipinski definition) is 0. The van der Waals surface area contributed by atoms with Crippen molar-refractivity contribution in [1.82, 2.24) is 0 Å². The predicted octanol–water partition coefficient (Wildman–Crippen LogP) is 16.6. The van der Waals surface area contributed by atoms with Gasteiger partial charge in [0.15, 0.2) is 0 Å². The predicted molar refractivity (Wildman–Crippen MR) is 212 cm³/mol. The highest BCUT2D eigenvalue weighted by Gasteiger charge is 2.03. The molecule has 0 rings (SSSR count). The molecule has 2 heteroatoms. The number of hydrogen-bond acceptors (Lipinski definition) is 2. The Kier molecular flexibility index (Phi) is 43.0. The van der Waals surface area contributed by atoms with E-state index in [1.165, 1.54) is 244 Å². The van der Waals surface area contributed by atoms with Crippen molar-refractivity contribution in [3.8, 4) is 0 Å². The third-order valence-electron chi connectivity index (χ3n) is 10.5. The summed E-state index contributed by atoms with van der Waals surface area (Å²) >= 11 is 0. The number of carbonyl (C=O) groups excluding carboxylic acids is 1. The van der Waals surface area contributed by atoms with Gasteiger partial charge in [-0.3, -0.25) is 4.79 Å². The van der Waals surface area contributed by atoms with Crippen molar-refractivity contribution in [3.05, 3.63) is 0 Å². The molecule has 0 radical (unpaired) electrons. The zero-order valence-electron chi connectivity index (χ0n) is 33.0. The number of esters is 1. The number of carbonyl (C=O) groups is 1. The Morgan fingerprint density at radius 1 is 0.277 bits per heavy atom. The van der Waals surface area contributed by atoms with Crippen LogP contribution < -0.4 is 0 Å². The van der Waals surface area contributed by atoms with Crippen molar-refractivity contribution in [2.45, 2.75) is 277 Å². The highest BCUT2D eigenvalue weighted by atomic mass is 16.5. The van der Waals surface area contributed by atoms with Crippen LogP contribution in [0.3, 0.4) is 0 Å². The SMILES string of the molecule is CCCCCCCCCCCCCCCCCCCCCCCC(=O)OCCCCCCCCCCCCCCCCCCCCC. The van der Waals surface area contributed by atoms with Crippen LogP contribution in [-0.2, 0) is 9.53 Å². The van der Waals surface area contributed by atoms with Crippen molar-refractivity contribution in [2.75, 3.05) is 6.61 Å². The van der Waals surface area contributed by atoms with Crippen LogP contribution >= 0.6 is 0 Å². The van der Waals surface area contributed by atoms with Gasteiger partial charge in [0.1, 0.15) is 0 Å². The molecule has 47 heavy (non-hydrogen) atoms. The Labute approximate surface area is 298 Å². The Morgan fingerprint density at radius 2 is 0.468 bits per heavy atom. The van der Waals surface area contributed by atoms with E-state index in [0.717, 1.165) is 12.8 Å². The van der Waals surface area contributed by atoms with Gasteiger partial charge in [-0.25, -0.2) is 0 Å². The van der Waals surface area contributed by atoms with Crippen LogP contribution in [-0.4, -0.2) is 12.6 Å². The van der Waals surface area contributed by atoms with Gasteiger partial charge >= 0.3 is 5.97 Å². The van der Waals surface area contributed by atoms with Crippen LogP contribution in [0.15, 0.2) is 0 Å². The fraction of sp³-hybridized carbons (Fsp3) is 0.978. The maximum atomic E-state index is 12.0. The van der Waals surface area contributed by atoms with Crippen LogP contribution in [0.4, 0.5) is 0 Å². The Balaban J connectivity index is 3.14. The molecule has 0 bridgehead atoms. The molecule has 0 atom stereocenters. The molecule has 0 spiro atoms. The second kappa shape index (κ2) is 43.5.